The van der Waals surface area contributed by atoms with Crippen LogP contribution in [0.15, 0.2) is 22.7 Å². The molecule has 2 aromatic rings. The Morgan fingerprint density at radius 1 is 1.24 bits per heavy atom. The van der Waals surface area contributed by atoms with Crippen LogP contribution >= 0.6 is 15.9 Å². The highest BCUT2D eigenvalue weighted by Gasteiger charge is 2.30. The van der Waals surface area contributed by atoms with E-state index in [0.29, 0.717) is 5.92 Å². The number of rotatable bonds is 2. The molecule has 0 amide bonds. The van der Waals surface area contributed by atoms with E-state index in [4.69, 9.17) is 9.97 Å². The molecule has 21 heavy (non-hydrogen) atoms. The van der Waals surface area contributed by atoms with Gasteiger partial charge < -0.3 is 5.32 Å². The van der Waals surface area contributed by atoms with Crippen LogP contribution < -0.4 is 5.32 Å². The van der Waals surface area contributed by atoms with Gasteiger partial charge in [0.2, 0.25) is 0 Å². The van der Waals surface area contributed by atoms with E-state index in [-0.39, 0.29) is 0 Å². The lowest BCUT2D eigenvalue weighted by atomic mass is 10.0. The second-order valence-corrected chi connectivity index (χ2v) is 6.88. The maximum absolute atomic E-state index is 4.92. The van der Waals surface area contributed by atoms with Crippen LogP contribution in [-0.4, -0.2) is 16.5 Å². The molecule has 108 valence electrons. The highest BCUT2D eigenvalue weighted by Crippen LogP contribution is 2.42. The summed E-state index contributed by atoms with van der Waals surface area (Å²) in [5.41, 5.74) is 6.24. The molecule has 0 unspecified atom stereocenters. The molecular weight excluding hydrogens is 326 g/mol. The van der Waals surface area contributed by atoms with Gasteiger partial charge in [0.15, 0.2) is 5.82 Å². The summed E-state index contributed by atoms with van der Waals surface area (Å²) in [6, 6.07) is 6.38. The summed E-state index contributed by atoms with van der Waals surface area (Å²) < 4.78 is 1.12. The summed E-state index contributed by atoms with van der Waals surface area (Å²) in [5, 5.41) is 3.45. The Bertz CT molecular complexity index is 707. The van der Waals surface area contributed by atoms with E-state index in [0.717, 1.165) is 35.4 Å². The molecule has 2 heterocycles. The molecule has 0 bridgehead atoms. The van der Waals surface area contributed by atoms with Crippen LogP contribution in [0.1, 0.15) is 41.3 Å². The minimum atomic E-state index is 0.661. The van der Waals surface area contributed by atoms with Gasteiger partial charge in [-0.3, -0.25) is 0 Å². The third-order valence-corrected chi connectivity index (χ3v) is 5.21. The fourth-order valence-electron chi connectivity index (χ4n) is 2.92. The standard InChI is InChI=1S/C17H18BrN3/c1-10-2-3-12(8-14(10)18)17-20-15-6-7-19-9-13(15)16(21-17)11-4-5-11/h2-3,8,11,19H,4-7,9H2,1H3. The normalized spacial score (nSPS) is 17.6. The Balaban J connectivity index is 1.85. The van der Waals surface area contributed by atoms with Gasteiger partial charge in [-0.2, -0.15) is 0 Å². The van der Waals surface area contributed by atoms with Gasteiger partial charge in [0, 0.05) is 41.0 Å². The monoisotopic (exact) mass is 343 g/mol. The van der Waals surface area contributed by atoms with Gasteiger partial charge in [0.05, 0.1) is 11.4 Å². The minimum Gasteiger partial charge on any atom is -0.312 e. The molecule has 1 aromatic carbocycles. The van der Waals surface area contributed by atoms with Crippen molar-refractivity contribution in [2.45, 2.75) is 38.6 Å². The number of halogens is 1. The van der Waals surface area contributed by atoms with E-state index in [9.17, 15) is 0 Å². The molecule has 4 heteroatoms. The van der Waals surface area contributed by atoms with Crippen molar-refractivity contribution < 1.29 is 0 Å². The number of aryl methyl sites for hydroxylation is 1. The first kappa shape index (κ1) is 13.4. The molecule has 1 N–H and O–H groups in total. The van der Waals surface area contributed by atoms with Gasteiger partial charge in [-0.1, -0.05) is 28.1 Å². The first-order valence-corrected chi connectivity index (χ1v) is 8.38. The van der Waals surface area contributed by atoms with Crippen LogP contribution in [0.3, 0.4) is 0 Å². The second kappa shape index (κ2) is 5.18. The zero-order chi connectivity index (χ0) is 14.4. The molecule has 0 atom stereocenters. The number of nitrogens with one attached hydrogen (secondary N) is 1. The molecule has 1 saturated carbocycles. The second-order valence-electron chi connectivity index (χ2n) is 6.02. The Morgan fingerprint density at radius 2 is 2.10 bits per heavy atom. The van der Waals surface area contributed by atoms with E-state index in [2.05, 4.69) is 46.4 Å². The molecule has 1 aliphatic carbocycles. The lowest BCUT2D eigenvalue weighted by Gasteiger charge is -2.20. The Labute approximate surface area is 133 Å². The molecule has 4 rings (SSSR count). The predicted octanol–water partition coefficient (Wildman–Crippen LogP) is 3.74. The average Bonchev–Trinajstić information content (AvgIpc) is 3.33. The van der Waals surface area contributed by atoms with Crippen molar-refractivity contribution in [3.05, 3.63) is 45.2 Å². The summed E-state index contributed by atoms with van der Waals surface area (Å²) >= 11 is 3.61. The van der Waals surface area contributed by atoms with E-state index in [1.807, 2.05) is 0 Å². The van der Waals surface area contributed by atoms with Gasteiger partial charge in [-0.25, -0.2) is 9.97 Å². The van der Waals surface area contributed by atoms with Crippen molar-refractivity contribution in [1.29, 1.82) is 0 Å². The van der Waals surface area contributed by atoms with Crippen LogP contribution in [0.25, 0.3) is 11.4 Å². The van der Waals surface area contributed by atoms with E-state index < -0.39 is 0 Å². The molecule has 0 saturated heterocycles. The number of nitrogens with zero attached hydrogens (tertiary/aromatic N) is 2. The molecule has 1 aromatic heterocycles. The van der Waals surface area contributed by atoms with E-state index >= 15 is 0 Å². The van der Waals surface area contributed by atoms with Crippen molar-refractivity contribution in [3.63, 3.8) is 0 Å². The van der Waals surface area contributed by atoms with Crippen molar-refractivity contribution in [3.8, 4) is 11.4 Å². The number of benzene rings is 1. The average molecular weight is 344 g/mol. The van der Waals surface area contributed by atoms with Crippen LogP contribution in [0.2, 0.25) is 0 Å². The summed E-state index contributed by atoms with van der Waals surface area (Å²) in [6.07, 6.45) is 3.57. The Hall–Kier alpha value is -1.26. The summed E-state index contributed by atoms with van der Waals surface area (Å²) in [5.74, 6) is 1.55. The maximum Gasteiger partial charge on any atom is 0.159 e. The molecule has 1 aliphatic heterocycles. The minimum absolute atomic E-state index is 0.661. The van der Waals surface area contributed by atoms with Crippen molar-refractivity contribution >= 4 is 15.9 Å². The number of aromatic nitrogens is 2. The smallest absolute Gasteiger partial charge is 0.159 e. The summed E-state index contributed by atoms with van der Waals surface area (Å²) in [7, 11) is 0. The molecule has 3 nitrogen and oxygen atoms in total. The van der Waals surface area contributed by atoms with Crippen molar-refractivity contribution in [2.24, 2.45) is 0 Å². The molecular formula is C17H18BrN3. The van der Waals surface area contributed by atoms with Crippen molar-refractivity contribution in [1.82, 2.24) is 15.3 Å². The topological polar surface area (TPSA) is 37.8 Å². The Morgan fingerprint density at radius 3 is 2.86 bits per heavy atom. The van der Waals surface area contributed by atoms with Crippen LogP contribution in [0, 0.1) is 6.92 Å². The zero-order valence-electron chi connectivity index (χ0n) is 12.1. The fraction of sp³-hybridized carbons (Fsp3) is 0.412. The lowest BCUT2D eigenvalue weighted by molar-refractivity contribution is 0.617. The van der Waals surface area contributed by atoms with Gasteiger partial charge in [-0.15, -0.1) is 0 Å². The Kier molecular flexibility index (Phi) is 3.31. The molecule has 0 spiro atoms. The highest BCUT2D eigenvalue weighted by molar-refractivity contribution is 9.10. The van der Waals surface area contributed by atoms with Crippen molar-refractivity contribution in [2.75, 3.05) is 6.54 Å². The third kappa shape index (κ3) is 2.51. The number of fused-ring (bicyclic) bond motifs is 1. The summed E-state index contributed by atoms with van der Waals surface area (Å²) in [4.78, 5) is 9.77. The number of hydrogen-bond donors (Lipinski definition) is 1. The quantitative estimate of drug-likeness (QED) is 0.902. The third-order valence-electron chi connectivity index (χ3n) is 4.36. The SMILES string of the molecule is Cc1ccc(-c2nc3c(c(C4CC4)n2)CNCC3)cc1Br. The molecule has 0 radical (unpaired) electrons. The summed E-state index contributed by atoms with van der Waals surface area (Å²) in [6.45, 7) is 4.05. The maximum atomic E-state index is 4.92. The van der Waals surface area contributed by atoms with Gasteiger partial charge in [-0.05, 0) is 31.4 Å². The highest BCUT2D eigenvalue weighted by atomic mass is 79.9. The first-order valence-electron chi connectivity index (χ1n) is 7.59. The van der Waals surface area contributed by atoms with Gasteiger partial charge in [0.25, 0.3) is 0 Å². The van der Waals surface area contributed by atoms with Gasteiger partial charge >= 0.3 is 0 Å². The lowest BCUT2D eigenvalue weighted by Crippen LogP contribution is -2.26. The van der Waals surface area contributed by atoms with E-state index in [1.54, 1.807) is 0 Å². The fourth-order valence-corrected chi connectivity index (χ4v) is 3.30. The zero-order valence-corrected chi connectivity index (χ0v) is 13.7. The van der Waals surface area contributed by atoms with Crippen LogP contribution in [0.4, 0.5) is 0 Å². The van der Waals surface area contributed by atoms with Crippen LogP contribution in [0.5, 0.6) is 0 Å². The van der Waals surface area contributed by atoms with Crippen LogP contribution in [-0.2, 0) is 13.0 Å². The largest absolute Gasteiger partial charge is 0.312 e. The molecule has 1 fully saturated rings. The van der Waals surface area contributed by atoms with E-state index in [1.165, 1.54) is 35.4 Å². The molecule has 2 aliphatic rings. The predicted molar refractivity (Wildman–Crippen MR) is 87.3 cm³/mol. The first-order chi connectivity index (χ1) is 10.2. The number of hydrogen-bond acceptors (Lipinski definition) is 3. The van der Waals surface area contributed by atoms with Gasteiger partial charge in [0.1, 0.15) is 0 Å².